The predicted octanol–water partition coefficient (Wildman–Crippen LogP) is 2.31. The molecule has 0 aliphatic rings. The average molecular weight is 317 g/mol. The molecule has 0 saturated heterocycles. The number of hydrogen-bond donors (Lipinski definition) is 1. The summed E-state index contributed by atoms with van der Waals surface area (Å²) in [6.07, 6.45) is 0. The van der Waals surface area contributed by atoms with E-state index in [4.69, 9.17) is 4.74 Å². The lowest BCUT2D eigenvalue weighted by molar-refractivity contribution is -0.385. The van der Waals surface area contributed by atoms with E-state index in [1.165, 1.54) is 12.1 Å². The van der Waals surface area contributed by atoms with Crippen LogP contribution in [0.2, 0.25) is 0 Å². The zero-order chi connectivity index (χ0) is 17.0. The van der Waals surface area contributed by atoms with Crippen molar-refractivity contribution in [3.63, 3.8) is 0 Å². The number of carbonyl (C=O) groups is 2. The molecule has 8 heteroatoms. The number of rotatable bonds is 4. The van der Waals surface area contributed by atoms with Gasteiger partial charge in [-0.25, -0.2) is 9.59 Å². The largest absolute Gasteiger partial charge is 0.504 e. The minimum absolute atomic E-state index is 0.147. The summed E-state index contributed by atoms with van der Waals surface area (Å²) in [7, 11) is 1.01. The molecule has 0 radical (unpaired) electrons. The van der Waals surface area contributed by atoms with Gasteiger partial charge in [-0.05, 0) is 18.2 Å². The second-order valence-electron chi connectivity index (χ2n) is 4.31. The molecule has 0 heterocycles. The van der Waals surface area contributed by atoms with Crippen molar-refractivity contribution in [2.45, 2.75) is 0 Å². The SMILES string of the molecule is COC(=O)c1c([N+](=O)[O-])ccc(O)c1OC(=O)c1ccccc1. The summed E-state index contributed by atoms with van der Waals surface area (Å²) in [6.45, 7) is 0. The standard InChI is InChI=1S/C15H11NO7/c1-22-15(19)12-10(16(20)21)7-8-11(17)13(12)23-14(18)9-5-3-2-4-6-9/h2-8,17H,1H3. The molecule has 0 bridgehead atoms. The molecular weight excluding hydrogens is 306 g/mol. The quantitative estimate of drug-likeness (QED) is 0.398. The number of ether oxygens (including phenoxy) is 2. The van der Waals surface area contributed by atoms with E-state index in [0.717, 1.165) is 19.2 Å². The van der Waals surface area contributed by atoms with Crippen LogP contribution in [-0.2, 0) is 4.74 Å². The van der Waals surface area contributed by atoms with Crippen LogP contribution >= 0.6 is 0 Å². The number of esters is 2. The highest BCUT2D eigenvalue weighted by Crippen LogP contribution is 2.37. The number of nitrogens with zero attached hydrogens (tertiary/aromatic N) is 1. The van der Waals surface area contributed by atoms with Gasteiger partial charge >= 0.3 is 11.9 Å². The maximum absolute atomic E-state index is 12.1. The summed E-state index contributed by atoms with van der Waals surface area (Å²) in [5.74, 6) is -3.21. The molecule has 2 aromatic carbocycles. The first kappa shape index (κ1) is 16.0. The molecule has 0 aromatic heterocycles. The molecule has 118 valence electrons. The Labute approximate surface area is 130 Å². The zero-order valence-corrected chi connectivity index (χ0v) is 11.9. The fourth-order valence-electron chi connectivity index (χ4n) is 1.84. The van der Waals surface area contributed by atoms with Crippen LogP contribution in [0.3, 0.4) is 0 Å². The minimum Gasteiger partial charge on any atom is -0.504 e. The smallest absolute Gasteiger partial charge is 0.348 e. The van der Waals surface area contributed by atoms with E-state index < -0.39 is 39.6 Å². The van der Waals surface area contributed by atoms with Crippen molar-refractivity contribution < 1.29 is 29.1 Å². The molecule has 0 unspecified atom stereocenters. The third kappa shape index (κ3) is 3.26. The van der Waals surface area contributed by atoms with Gasteiger partial charge in [-0.3, -0.25) is 10.1 Å². The van der Waals surface area contributed by atoms with E-state index in [1.807, 2.05) is 0 Å². The molecule has 1 N–H and O–H groups in total. The molecular formula is C15H11NO7. The van der Waals surface area contributed by atoms with Gasteiger partial charge in [0.1, 0.15) is 0 Å². The summed E-state index contributed by atoms with van der Waals surface area (Å²) < 4.78 is 9.45. The van der Waals surface area contributed by atoms with Crippen molar-refractivity contribution in [1.29, 1.82) is 0 Å². The van der Waals surface area contributed by atoms with E-state index >= 15 is 0 Å². The topological polar surface area (TPSA) is 116 Å². The Morgan fingerprint density at radius 1 is 1.09 bits per heavy atom. The van der Waals surface area contributed by atoms with E-state index in [-0.39, 0.29) is 5.56 Å². The number of hydrogen-bond acceptors (Lipinski definition) is 7. The highest BCUT2D eigenvalue weighted by Gasteiger charge is 2.30. The highest BCUT2D eigenvalue weighted by molar-refractivity contribution is 6.00. The van der Waals surface area contributed by atoms with Crippen LogP contribution in [0, 0.1) is 10.1 Å². The Morgan fingerprint density at radius 3 is 2.30 bits per heavy atom. The second-order valence-corrected chi connectivity index (χ2v) is 4.31. The van der Waals surface area contributed by atoms with E-state index in [2.05, 4.69) is 4.74 Å². The summed E-state index contributed by atoms with van der Waals surface area (Å²) in [4.78, 5) is 34.1. The lowest BCUT2D eigenvalue weighted by Gasteiger charge is -2.10. The molecule has 0 spiro atoms. The monoisotopic (exact) mass is 317 g/mol. The van der Waals surface area contributed by atoms with Crippen molar-refractivity contribution >= 4 is 17.6 Å². The molecule has 0 atom stereocenters. The van der Waals surface area contributed by atoms with Crippen LogP contribution in [-0.4, -0.2) is 29.1 Å². The summed E-state index contributed by atoms with van der Waals surface area (Å²) in [5.41, 5.74) is -1.14. The van der Waals surface area contributed by atoms with Crippen LogP contribution in [0.5, 0.6) is 11.5 Å². The van der Waals surface area contributed by atoms with Crippen molar-refractivity contribution in [2.24, 2.45) is 0 Å². The van der Waals surface area contributed by atoms with Crippen LogP contribution < -0.4 is 4.74 Å². The molecule has 2 aromatic rings. The van der Waals surface area contributed by atoms with Gasteiger partial charge in [0.25, 0.3) is 5.69 Å². The van der Waals surface area contributed by atoms with Crippen LogP contribution in [0.1, 0.15) is 20.7 Å². The van der Waals surface area contributed by atoms with Gasteiger partial charge in [-0.15, -0.1) is 0 Å². The van der Waals surface area contributed by atoms with Crippen LogP contribution in [0.4, 0.5) is 5.69 Å². The Morgan fingerprint density at radius 2 is 1.74 bits per heavy atom. The van der Waals surface area contributed by atoms with Crippen LogP contribution in [0.25, 0.3) is 0 Å². The molecule has 2 rings (SSSR count). The molecule has 8 nitrogen and oxygen atoms in total. The van der Waals surface area contributed by atoms with Gasteiger partial charge in [0.15, 0.2) is 17.1 Å². The summed E-state index contributed by atoms with van der Waals surface area (Å²) >= 11 is 0. The van der Waals surface area contributed by atoms with E-state index in [0.29, 0.717) is 0 Å². The minimum atomic E-state index is -1.11. The molecule has 23 heavy (non-hydrogen) atoms. The van der Waals surface area contributed by atoms with Crippen molar-refractivity contribution in [1.82, 2.24) is 0 Å². The number of carbonyl (C=O) groups excluding carboxylic acids is 2. The third-order valence-corrected chi connectivity index (χ3v) is 2.91. The Bertz CT molecular complexity index is 771. The summed E-state index contributed by atoms with van der Waals surface area (Å²) in [5, 5.41) is 20.9. The van der Waals surface area contributed by atoms with Gasteiger partial charge in [0.2, 0.25) is 0 Å². The van der Waals surface area contributed by atoms with Gasteiger partial charge in [-0.1, -0.05) is 18.2 Å². The maximum Gasteiger partial charge on any atom is 0.348 e. The van der Waals surface area contributed by atoms with Crippen LogP contribution in [0.15, 0.2) is 42.5 Å². The van der Waals surface area contributed by atoms with Gasteiger partial charge in [0.05, 0.1) is 17.6 Å². The fraction of sp³-hybridized carbons (Fsp3) is 0.0667. The number of benzene rings is 2. The second kappa shape index (κ2) is 6.56. The third-order valence-electron chi connectivity index (χ3n) is 2.91. The number of phenols is 1. The van der Waals surface area contributed by atoms with Crippen molar-refractivity contribution in [2.75, 3.05) is 7.11 Å². The maximum atomic E-state index is 12.1. The normalized spacial score (nSPS) is 9.96. The number of nitro benzene ring substituents is 1. The van der Waals surface area contributed by atoms with Crippen molar-refractivity contribution in [3.05, 3.63) is 63.7 Å². The van der Waals surface area contributed by atoms with E-state index in [9.17, 15) is 24.8 Å². The number of nitro groups is 1. The summed E-state index contributed by atoms with van der Waals surface area (Å²) in [6, 6.07) is 9.64. The Kier molecular flexibility index (Phi) is 4.55. The lowest BCUT2D eigenvalue weighted by atomic mass is 10.1. The zero-order valence-electron chi connectivity index (χ0n) is 11.9. The predicted molar refractivity (Wildman–Crippen MR) is 77.5 cm³/mol. The van der Waals surface area contributed by atoms with Gasteiger partial charge < -0.3 is 14.6 Å². The van der Waals surface area contributed by atoms with E-state index in [1.54, 1.807) is 18.2 Å². The number of phenolic OH excluding ortho intramolecular Hbond substituents is 1. The number of aromatic hydroxyl groups is 1. The molecule has 0 aliphatic heterocycles. The molecule has 0 saturated carbocycles. The van der Waals surface area contributed by atoms with Crippen molar-refractivity contribution in [3.8, 4) is 11.5 Å². The van der Waals surface area contributed by atoms with Gasteiger partial charge in [-0.2, -0.15) is 0 Å². The average Bonchev–Trinajstić information content (AvgIpc) is 2.56. The first-order valence-corrected chi connectivity index (χ1v) is 6.31. The Balaban J connectivity index is 2.52. The molecule has 0 aliphatic carbocycles. The lowest BCUT2D eigenvalue weighted by Crippen LogP contribution is -2.14. The fourth-order valence-corrected chi connectivity index (χ4v) is 1.84. The molecule has 0 fully saturated rings. The number of methoxy groups -OCH3 is 1. The molecule has 0 amide bonds. The Hall–Kier alpha value is -3.42. The first-order valence-electron chi connectivity index (χ1n) is 6.31. The van der Waals surface area contributed by atoms with Gasteiger partial charge in [0, 0.05) is 6.07 Å². The first-order chi connectivity index (χ1) is 11.0. The highest BCUT2D eigenvalue weighted by atomic mass is 16.6.